The fraction of sp³-hybridized carbons (Fsp3) is 0.385. The average Bonchev–Trinajstić information content (AvgIpc) is 2.40. The maximum absolute atomic E-state index is 13.8. The Morgan fingerprint density at radius 2 is 2.00 bits per heavy atom. The van der Waals surface area contributed by atoms with E-state index in [1.807, 2.05) is 0 Å². The fourth-order valence-electron chi connectivity index (χ4n) is 1.60. The molecule has 0 saturated heterocycles. The number of methoxy groups -OCH3 is 1. The van der Waals surface area contributed by atoms with Crippen LogP contribution in [-0.4, -0.2) is 31.6 Å². The van der Waals surface area contributed by atoms with Crippen LogP contribution in [-0.2, 0) is 14.3 Å². The van der Waals surface area contributed by atoms with E-state index in [9.17, 15) is 18.4 Å². The second kappa shape index (κ2) is 6.83. The topological polar surface area (TPSA) is 67.4 Å². The fourth-order valence-corrected chi connectivity index (χ4v) is 1.60. The van der Waals surface area contributed by atoms with E-state index in [0.29, 0.717) is 0 Å². The van der Waals surface area contributed by atoms with Crippen molar-refractivity contribution in [2.75, 3.05) is 19.0 Å². The molecule has 0 heterocycles. The van der Waals surface area contributed by atoms with Gasteiger partial charge in [0, 0.05) is 13.5 Å². The molecule has 5 nitrogen and oxygen atoms in total. The Morgan fingerprint density at radius 3 is 2.55 bits per heavy atom. The Balaban J connectivity index is 2.85. The first-order valence-corrected chi connectivity index (χ1v) is 5.90. The normalized spacial score (nSPS) is 11.7. The first-order valence-electron chi connectivity index (χ1n) is 5.90. The minimum Gasteiger partial charge on any atom is -0.467 e. The maximum atomic E-state index is 13.8. The number of hydrogen-bond donors (Lipinski definition) is 2. The van der Waals surface area contributed by atoms with Crippen molar-refractivity contribution in [1.29, 1.82) is 0 Å². The predicted molar refractivity (Wildman–Crippen MR) is 69.2 cm³/mol. The molecule has 0 radical (unpaired) electrons. The van der Waals surface area contributed by atoms with Crippen molar-refractivity contribution in [3.63, 3.8) is 0 Å². The Bertz CT molecular complexity index is 521. The molecule has 1 unspecified atom stereocenters. The van der Waals surface area contributed by atoms with Crippen LogP contribution < -0.4 is 10.6 Å². The minimum atomic E-state index is -1.03. The second-order valence-corrected chi connectivity index (χ2v) is 4.21. The smallest absolute Gasteiger partial charge is 0.330 e. The molecule has 1 atom stereocenters. The van der Waals surface area contributed by atoms with Gasteiger partial charge in [-0.15, -0.1) is 0 Å². The van der Waals surface area contributed by atoms with Gasteiger partial charge in [-0.05, 0) is 18.6 Å². The summed E-state index contributed by atoms with van der Waals surface area (Å²) in [5, 5.41) is 4.81. The molecule has 0 fully saturated rings. The van der Waals surface area contributed by atoms with Gasteiger partial charge in [-0.2, -0.15) is 0 Å². The van der Waals surface area contributed by atoms with Crippen molar-refractivity contribution in [3.05, 3.63) is 29.3 Å². The highest BCUT2D eigenvalue weighted by Crippen LogP contribution is 2.21. The van der Waals surface area contributed by atoms with Crippen LogP contribution in [0.1, 0.15) is 12.5 Å². The zero-order chi connectivity index (χ0) is 15.3. The van der Waals surface area contributed by atoms with Gasteiger partial charge in [0.15, 0.2) is 5.82 Å². The standard InChI is InChI=1S/C13H16F2N2O3/c1-7-4-5-9(14)12(11(7)15)16-6-10(13(19)20-3)17-8(2)18/h4-5,10,16H,6H2,1-3H3,(H,17,18). The first kappa shape index (κ1) is 15.9. The highest BCUT2D eigenvalue weighted by molar-refractivity contribution is 5.83. The van der Waals surface area contributed by atoms with Crippen LogP contribution >= 0.6 is 0 Å². The van der Waals surface area contributed by atoms with E-state index in [4.69, 9.17) is 0 Å². The second-order valence-electron chi connectivity index (χ2n) is 4.21. The summed E-state index contributed by atoms with van der Waals surface area (Å²) in [4.78, 5) is 22.4. The summed E-state index contributed by atoms with van der Waals surface area (Å²) in [5.74, 6) is -2.68. The largest absolute Gasteiger partial charge is 0.467 e. The lowest BCUT2D eigenvalue weighted by Crippen LogP contribution is -2.45. The van der Waals surface area contributed by atoms with Crippen molar-refractivity contribution in [2.45, 2.75) is 19.9 Å². The van der Waals surface area contributed by atoms with E-state index in [-0.39, 0.29) is 17.8 Å². The van der Waals surface area contributed by atoms with Gasteiger partial charge in [-0.25, -0.2) is 13.6 Å². The summed E-state index contributed by atoms with van der Waals surface area (Å²) < 4.78 is 31.8. The zero-order valence-electron chi connectivity index (χ0n) is 11.4. The van der Waals surface area contributed by atoms with E-state index in [2.05, 4.69) is 15.4 Å². The van der Waals surface area contributed by atoms with Gasteiger partial charge >= 0.3 is 5.97 Å². The van der Waals surface area contributed by atoms with Crippen molar-refractivity contribution in [1.82, 2.24) is 5.32 Å². The molecule has 0 aliphatic rings. The number of amides is 1. The lowest BCUT2D eigenvalue weighted by Gasteiger charge is -2.17. The van der Waals surface area contributed by atoms with Crippen LogP contribution in [0.3, 0.4) is 0 Å². The molecule has 110 valence electrons. The lowest BCUT2D eigenvalue weighted by molar-refractivity contribution is -0.144. The van der Waals surface area contributed by atoms with Crippen LogP contribution in [0.25, 0.3) is 0 Å². The maximum Gasteiger partial charge on any atom is 0.330 e. The summed E-state index contributed by atoms with van der Waals surface area (Å²) in [6, 6.07) is 1.39. The molecular weight excluding hydrogens is 270 g/mol. The highest BCUT2D eigenvalue weighted by atomic mass is 19.1. The number of ether oxygens (including phenoxy) is 1. The van der Waals surface area contributed by atoms with Gasteiger partial charge in [0.1, 0.15) is 17.5 Å². The van der Waals surface area contributed by atoms with E-state index >= 15 is 0 Å². The molecule has 0 aliphatic heterocycles. The number of hydrogen-bond acceptors (Lipinski definition) is 4. The summed E-state index contributed by atoms with van der Waals surface area (Å²) in [5.41, 5.74) is -0.0766. The number of rotatable bonds is 5. The quantitative estimate of drug-likeness (QED) is 0.802. The summed E-state index contributed by atoms with van der Waals surface area (Å²) in [7, 11) is 1.16. The van der Waals surface area contributed by atoms with Gasteiger partial charge in [-0.1, -0.05) is 6.07 Å². The van der Waals surface area contributed by atoms with Gasteiger partial charge in [0.05, 0.1) is 7.11 Å². The monoisotopic (exact) mass is 286 g/mol. The number of carbonyl (C=O) groups excluding carboxylic acids is 2. The Kier molecular flexibility index (Phi) is 5.42. The van der Waals surface area contributed by atoms with Crippen LogP contribution in [0.4, 0.5) is 14.5 Å². The molecular formula is C13H16F2N2O3. The van der Waals surface area contributed by atoms with E-state index in [1.165, 1.54) is 19.9 Å². The number of benzene rings is 1. The molecule has 0 bridgehead atoms. The third kappa shape index (κ3) is 3.91. The molecule has 20 heavy (non-hydrogen) atoms. The highest BCUT2D eigenvalue weighted by Gasteiger charge is 2.21. The van der Waals surface area contributed by atoms with Crippen LogP contribution in [0.15, 0.2) is 12.1 Å². The average molecular weight is 286 g/mol. The molecule has 1 aromatic carbocycles. The Labute approximate surface area is 115 Å². The van der Waals surface area contributed by atoms with Gasteiger partial charge in [0.25, 0.3) is 0 Å². The molecule has 1 aromatic rings. The number of esters is 1. The number of anilines is 1. The molecule has 1 amide bonds. The van der Waals surface area contributed by atoms with E-state index in [1.54, 1.807) is 0 Å². The third-order valence-electron chi connectivity index (χ3n) is 2.63. The molecule has 0 aromatic heterocycles. The SMILES string of the molecule is COC(=O)C(CNc1c(F)ccc(C)c1F)NC(C)=O. The summed E-state index contributed by atoms with van der Waals surface area (Å²) in [6.07, 6.45) is 0. The van der Waals surface area contributed by atoms with Gasteiger partial charge in [-0.3, -0.25) is 4.79 Å². The first-order chi connectivity index (χ1) is 9.36. The zero-order valence-corrected chi connectivity index (χ0v) is 11.4. The van der Waals surface area contributed by atoms with Crippen molar-refractivity contribution in [3.8, 4) is 0 Å². The van der Waals surface area contributed by atoms with Crippen LogP contribution in [0.5, 0.6) is 0 Å². The molecule has 1 rings (SSSR count). The number of aryl methyl sites for hydroxylation is 1. The number of halogens is 2. The molecule has 0 spiro atoms. The molecule has 2 N–H and O–H groups in total. The van der Waals surface area contributed by atoms with Gasteiger partial charge in [0.2, 0.25) is 5.91 Å². The molecule has 0 aliphatic carbocycles. The molecule has 7 heteroatoms. The van der Waals surface area contributed by atoms with Crippen molar-refractivity contribution >= 4 is 17.6 Å². The minimum absolute atomic E-state index is 0.191. The summed E-state index contributed by atoms with van der Waals surface area (Å²) in [6.45, 7) is 2.53. The Hall–Kier alpha value is -2.18. The number of nitrogens with one attached hydrogen (secondary N) is 2. The van der Waals surface area contributed by atoms with E-state index in [0.717, 1.165) is 13.2 Å². The van der Waals surface area contributed by atoms with Crippen LogP contribution in [0, 0.1) is 18.6 Å². The summed E-state index contributed by atoms with van der Waals surface area (Å²) >= 11 is 0. The molecule has 0 saturated carbocycles. The van der Waals surface area contributed by atoms with Gasteiger partial charge < -0.3 is 15.4 Å². The third-order valence-corrected chi connectivity index (χ3v) is 2.63. The Morgan fingerprint density at radius 1 is 1.35 bits per heavy atom. The lowest BCUT2D eigenvalue weighted by atomic mass is 10.2. The predicted octanol–water partition coefficient (Wildman–Crippen LogP) is 1.36. The van der Waals surface area contributed by atoms with Crippen LogP contribution in [0.2, 0.25) is 0 Å². The number of carbonyl (C=O) groups is 2. The van der Waals surface area contributed by atoms with E-state index < -0.39 is 29.6 Å². The van der Waals surface area contributed by atoms with Crippen molar-refractivity contribution in [2.24, 2.45) is 0 Å². The van der Waals surface area contributed by atoms with Crippen molar-refractivity contribution < 1.29 is 23.1 Å².